The lowest BCUT2D eigenvalue weighted by Crippen LogP contribution is -2.22. The molecule has 4 nitrogen and oxygen atoms in total. The summed E-state index contributed by atoms with van der Waals surface area (Å²) in [6.45, 7) is 5.80. The molecule has 1 aromatic rings. The quantitative estimate of drug-likeness (QED) is 0.307. The van der Waals surface area contributed by atoms with Gasteiger partial charge in [0.1, 0.15) is 5.82 Å². The molecule has 1 aromatic carbocycles. The van der Waals surface area contributed by atoms with E-state index in [2.05, 4.69) is 24.3 Å². The van der Waals surface area contributed by atoms with Crippen molar-refractivity contribution in [2.24, 2.45) is 16.8 Å². The number of oxime groups is 1. The molecule has 0 aliphatic rings. The number of nitrogens with two attached hydrogens (primary N) is 1. The first kappa shape index (κ1) is 15.4. The largest absolute Gasteiger partial charge is 0.409 e. The number of hydrogen-bond acceptors (Lipinski definition) is 3. The van der Waals surface area contributed by atoms with Gasteiger partial charge in [-0.15, -0.1) is 0 Å². The highest BCUT2D eigenvalue weighted by Crippen LogP contribution is 2.10. The van der Waals surface area contributed by atoms with Crippen LogP contribution in [0.2, 0.25) is 0 Å². The Hall–Kier alpha value is -1.62. The Labute approximate surface area is 113 Å². The summed E-state index contributed by atoms with van der Waals surface area (Å²) in [6, 6.07) is 4.42. The van der Waals surface area contributed by atoms with E-state index in [0.29, 0.717) is 18.0 Å². The van der Waals surface area contributed by atoms with E-state index in [1.54, 1.807) is 6.07 Å². The van der Waals surface area contributed by atoms with Gasteiger partial charge in [0.05, 0.1) is 0 Å². The molecule has 0 spiro atoms. The molecule has 0 atom stereocenters. The smallest absolute Gasteiger partial charge is 0.170 e. The molecule has 5 heteroatoms. The molecule has 0 saturated carbocycles. The minimum atomic E-state index is -0.386. The third kappa shape index (κ3) is 4.87. The zero-order valence-electron chi connectivity index (χ0n) is 11.5. The molecular formula is C14H22FN3O. The van der Waals surface area contributed by atoms with E-state index in [1.807, 2.05) is 0 Å². The summed E-state index contributed by atoms with van der Waals surface area (Å²) in [7, 11) is 0. The first-order chi connectivity index (χ1) is 9.10. The maximum atomic E-state index is 13.4. The van der Waals surface area contributed by atoms with Crippen LogP contribution in [0.15, 0.2) is 23.4 Å². The molecule has 0 aliphatic heterocycles. The molecule has 0 saturated heterocycles. The van der Waals surface area contributed by atoms with Crippen molar-refractivity contribution in [3.63, 3.8) is 0 Å². The number of nitrogens with one attached hydrogen (secondary N) is 1. The fraction of sp³-hybridized carbons (Fsp3) is 0.500. The van der Waals surface area contributed by atoms with Crippen LogP contribution >= 0.6 is 0 Å². The van der Waals surface area contributed by atoms with Crippen LogP contribution in [0.5, 0.6) is 0 Å². The number of hydrogen-bond donors (Lipinski definition) is 3. The standard InChI is InChI=1S/C14H22FN3O/c1-3-10(4-2)8-17-9-11-5-12(14(16)18-19)7-13(15)6-11/h5-7,10,17,19H,3-4,8-9H2,1-2H3,(H2,16,18). The average Bonchev–Trinajstić information content (AvgIpc) is 2.42. The topological polar surface area (TPSA) is 70.6 Å². The zero-order chi connectivity index (χ0) is 14.3. The van der Waals surface area contributed by atoms with Crippen molar-refractivity contribution in [2.45, 2.75) is 33.2 Å². The van der Waals surface area contributed by atoms with Crippen molar-refractivity contribution in [2.75, 3.05) is 6.54 Å². The van der Waals surface area contributed by atoms with Crippen LogP contribution in [0, 0.1) is 11.7 Å². The Morgan fingerprint density at radius 2 is 2.05 bits per heavy atom. The summed E-state index contributed by atoms with van der Waals surface area (Å²) in [5.41, 5.74) is 6.64. The number of amidine groups is 1. The minimum Gasteiger partial charge on any atom is -0.409 e. The third-order valence-corrected chi connectivity index (χ3v) is 3.28. The maximum absolute atomic E-state index is 13.4. The summed E-state index contributed by atoms with van der Waals surface area (Å²) in [5, 5.41) is 14.8. The molecule has 19 heavy (non-hydrogen) atoms. The van der Waals surface area contributed by atoms with Crippen molar-refractivity contribution in [1.82, 2.24) is 5.32 Å². The third-order valence-electron chi connectivity index (χ3n) is 3.28. The van der Waals surface area contributed by atoms with E-state index < -0.39 is 0 Å². The fourth-order valence-corrected chi connectivity index (χ4v) is 1.96. The lowest BCUT2D eigenvalue weighted by molar-refractivity contribution is 0.318. The van der Waals surface area contributed by atoms with E-state index >= 15 is 0 Å². The molecule has 0 aromatic heterocycles. The highest BCUT2D eigenvalue weighted by atomic mass is 19.1. The molecule has 0 aliphatic carbocycles. The van der Waals surface area contributed by atoms with Gasteiger partial charge < -0.3 is 16.3 Å². The second-order valence-electron chi connectivity index (χ2n) is 4.65. The van der Waals surface area contributed by atoms with Crippen molar-refractivity contribution in [1.29, 1.82) is 0 Å². The van der Waals surface area contributed by atoms with Crippen molar-refractivity contribution in [3.05, 3.63) is 35.1 Å². The predicted octanol–water partition coefficient (Wildman–Crippen LogP) is 2.45. The first-order valence-electron chi connectivity index (χ1n) is 6.58. The molecule has 0 bridgehead atoms. The number of benzene rings is 1. The van der Waals surface area contributed by atoms with Crippen LogP contribution in [0.3, 0.4) is 0 Å². The van der Waals surface area contributed by atoms with Crippen LogP contribution in [0.1, 0.15) is 37.8 Å². The number of rotatable bonds is 7. The van der Waals surface area contributed by atoms with Gasteiger partial charge in [0.25, 0.3) is 0 Å². The molecule has 4 N–H and O–H groups in total. The van der Waals surface area contributed by atoms with Crippen molar-refractivity contribution in [3.8, 4) is 0 Å². The highest BCUT2D eigenvalue weighted by Gasteiger charge is 2.06. The van der Waals surface area contributed by atoms with Gasteiger partial charge in [-0.25, -0.2) is 4.39 Å². The molecule has 0 amide bonds. The molecule has 0 heterocycles. The van der Waals surface area contributed by atoms with Gasteiger partial charge in [-0.1, -0.05) is 31.8 Å². The Bertz CT molecular complexity index is 431. The van der Waals surface area contributed by atoms with E-state index in [1.165, 1.54) is 12.1 Å². The summed E-state index contributed by atoms with van der Waals surface area (Å²) in [5.74, 6) is 0.168. The summed E-state index contributed by atoms with van der Waals surface area (Å²) in [6.07, 6.45) is 2.25. The van der Waals surface area contributed by atoms with Crippen molar-refractivity contribution >= 4 is 5.84 Å². The van der Waals surface area contributed by atoms with Gasteiger partial charge in [0.2, 0.25) is 0 Å². The fourth-order valence-electron chi connectivity index (χ4n) is 1.96. The lowest BCUT2D eigenvalue weighted by atomic mass is 10.0. The first-order valence-corrected chi connectivity index (χ1v) is 6.58. The van der Waals surface area contributed by atoms with Crippen LogP contribution < -0.4 is 11.1 Å². The van der Waals surface area contributed by atoms with Gasteiger partial charge in [-0.05, 0) is 36.2 Å². The molecule has 106 valence electrons. The predicted molar refractivity (Wildman–Crippen MR) is 74.7 cm³/mol. The Kier molecular flexibility index (Phi) is 6.29. The lowest BCUT2D eigenvalue weighted by Gasteiger charge is -2.13. The van der Waals surface area contributed by atoms with Crippen LogP contribution in [0.25, 0.3) is 0 Å². The van der Waals surface area contributed by atoms with Gasteiger partial charge in [0.15, 0.2) is 5.84 Å². The molecule has 0 radical (unpaired) electrons. The van der Waals surface area contributed by atoms with E-state index in [9.17, 15) is 4.39 Å². The SMILES string of the molecule is CCC(CC)CNCc1cc(F)cc(/C(N)=N/O)c1. The Morgan fingerprint density at radius 3 is 2.63 bits per heavy atom. The molecule has 1 rings (SSSR count). The molecule has 0 unspecified atom stereocenters. The summed E-state index contributed by atoms with van der Waals surface area (Å²) < 4.78 is 13.4. The Balaban J connectivity index is 2.66. The van der Waals surface area contributed by atoms with E-state index in [0.717, 1.165) is 24.9 Å². The normalized spacial score (nSPS) is 12.1. The van der Waals surface area contributed by atoms with Gasteiger partial charge in [-0.2, -0.15) is 0 Å². The van der Waals surface area contributed by atoms with Crippen LogP contribution in [-0.4, -0.2) is 17.6 Å². The zero-order valence-corrected chi connectivity index (χ0v) is 11.5. The van der Waals surface area contributed by atoms with Gasteiger partial charge in [0, 0.05) is 12.1 Å². The minimum absolute atomic E-state index is 0.0826. The van der Waals surface area contributed by atoms with Crippen LogP contribution in [0.4, 0.5) is 4.39 Å². The number of halogens is 1. The second kappa shape index (κ2) is 7.74. The van der Waals surface area contributed by atoms with E-state index in [-0.39, 0.29) is 11.7 Å². The number of nitrogens with zero attached hydrogens (tertiary/aromatic N) is 1. The summed E-state index contributed by atoms with van der Waals surface area (Å²) >= 11 is 0. The molecule has 0 fully saturated rings. The van der Waals surface area contributed by atoms with Crippen molar-refractivity contribution < 1.29 is 9.60 Å². The van der Waals surface area contributed by atoms with Gasteiger partial charge >= 0.3 is 0 Å². The molecular weight excluding hydrogens is 245 g/mol. The maximum Gasteiger partial charge on any atom is 0.170 e. The van der Waals surface area contributed by atoms with Crippen LogP contribution in [-0.2, 0) is 6.54 Å². The van der Waals surface area contributed by atoms with Gasteiger partial charge in [-0.3, -0.25) is 0 Å². The Morgan fingerprint density at radius 1 is 1.37 bits per heavy atom. The average molecular weight is 267 g/mol. The monoisotopic (exact) mass is 267 g/mol. The highest BCUT2D eigenvalue weighted by molar-refractivity contribution is 5.97. The second-order valence-corrected chi connectivity index (χ2v) is 4.65. The summed E-state index contributed by atoms with van der Waals surface area (Å²) in [4.78, 5) is 0. The van der Waals surface area contributed by atoms with E-state index in [4.69, 9.17) is 10.9 Å².